The van der Waals surface area contributed by atoms with E-state index in [0.29, 0.717) is 5.69 Å². The second kappa shape index (κ2) is 6.35. The molecule has 2 aromatic heterocycles. The average molecular weight is 335 g/mol. The molecule has 0 atom stereocenters. The number of H-pyrrole nitrogens is 1. The van der Waals surface area contributed by atoms with Crippen LogP contribution in [0.4, 0.5) is 0 Å². The number of fused-ring (bicyclic) bond motifs is 1. The summed E-state index contributed by atoms with van der Waals surface area (Å²) in [6, 6.07) is 12.8. The van der Waals surface area contributed by atoms with Crippen molar-refractivity contribution < 1.29 is 4.79 Å². The second-order valence-electron chi connectivity index (χ2n) is 5.95. The maximum absolute atomic E-state index is 12.3. The van der Waals surface area contributed by atoms with Crippen LogP contribution in [0.15, 0.2) is 47.3 Å². The van der Waals surface area contributed by atoms with Crippen molar-refractivity contribution in [3.63, 3.8) is 0 Å². The molecule has 0 fully saturated rings. The van der Waals surface area contributed by atoms with Crippen LogP contribution in [0.5, 0.6) is 0 Å². The third kappa shape index (κ3) is 2.96. The molecule has 25 heavy (non-hydrogen) atoms. The normalized spacial score (nSPS) is 12.8. The van der Waals surface area contributed by atoms with Gasteiger partial charge in [-0.25, -0.2) is 0 Å². The van der Waals surface area contributed by atoms with Crippen molar-refractivity contribution in [1.29, 1.82) is 0 Å². The molecule has 0 radical (unpaired) electrons. The monoisotopic (exact) mass is 335 g/mol. The highest BCUT2D eigenvalue weighted by Crippen LogP contribution is 2.15. The lowest BCUT2D eigenvalue weighted by Crippen LogP contribution is -2.30. The molecule has 1 aliphatic rings. The minimum atomic E-state index is -0.420. The van der Waals surface area contributed by atoms with Gasteiger partial charge in [-0.1, -0.05) is 30.3 Å². The van der Waals surface area contributed by atoms with Gasteiger partial charge < -0.3 is 14.9 Å². The third-order valence-corrected chi connectivity index (χ3v) is 4.33. The fourth-order valence-corrected chi connectivity index (χ4v) is 3.03. The molecule has 126 valence electrons. The first-order chi connectivity index (χ1) is 12.2. The van der Waals surface area contributed by atoms with E-state index in [1.165, 1.54) is 0 Å². The summed E-state index contributed by atoms with van der Waals surface area (Å²) in [6.45, 7) is 1.13. The minimum Gasteiger partial charge on any atom is -0.345 e. The zero-order valence-electron chi connectivity index (χ0n) is 13.5. The van der Waals surface area contributed by atoms with Crippen LogP contribution < -0.4 is 10.9 Å². The number of carbonyl (C=O) groups excluding carboxylic acids is 1. The van der Waals surface area contributed by atoms with E-state index in [0.717, 1.165) is 36.6 Å². The molecule has 1 aliphatic heterocycles. The molecule has 0 spiro atoms. The topological polar surface area (TPSA) is 92.7 Å². The molecule has 1 amide bonds. The first-order valence-electron chi connectivity index (χ1n) is 8.20. The van der Waals surface area contributed by atoms with E-state index in [-0.39, 0.29) is 12.1 Å². The number of hydrogen-bond donors (Lipinski definition) is 2. The summed E-state index contributed by atoms with van der Waals surface area (Å²) in [5, 5.41) is 10.9. The van der Waals surface area contributed by atoms with Crippen molar-refractivity contribution in [2.45, 2.75) is 25.9 Å². The number of aromatic amines is 1. The fourth-order valence-electron chi connectivity index (χ4n) is 3.03. The Bertz CT molecular complexity index is 975. The number of pyridine rings is 1. The van der Waals surface area contributed by atoms with Crippen LogP contribution in [0.1, 0.15) is 28.4 Å². The van der Waals surface area contributed by atoms with E-state index in [9.17, 15) is 9.59 Å². The number of amides is 1. The SMILES string of the molecule is O=C(NCc1nnc2n1CCC2)c1ccc(-c2ccccc2)[nH]c1=O. The first-order valence-corrected chi connectivity index (χ1v) is 8.20. The number of benzene rings is 1. The van der Waals surface area contributed by atoms with Crippen molar-refractivity contribution in [2.24, 2.45) is 0 Å². The van der Waals surface area contributed by atoms with Gasteiger partial charge in [0.1, 0.15) is 11.4 Å². The molecule has 0 saturated heterocycles. The molecule has 4 rings (SSSR count). The van der Waals surface area contributed by atoms with Gasteiger partial charge in [0.25, 0.3) is 11.5 Å². The van der Waals surface area contributed by atoms with Crippen LogP contribution in [-0.2, 0) is 19.5 Å². The Morgan fingerprint density at radius 1 is 1.16 bits per heavy atom. The Hall–Kier alpha value is -3.22. The van der Waals surface area contributed by atoms with Gasteiger partial charge in [0.2, 0.25) is 0 Å². The third-order valence-electron chi connectivity index (χ3n) is 4.33. The quantitative estimate of drug-likeness (QED) is 0.756. The van der Waals surface area contributed by atoms with E-state index in [1.54, 1.807) is 12.1 Å². The molecule has 3 heterocycles. The standard InChI is InChI=1S/C18H17N5O2/c24-17(19-11-16-22-21-15-7-4-10-23(15)16)13-8-9-14(20-18(13)25)12-5-2-1-3-6-12/h1-3,5-6,8-9H,4,7,10-11H2,(H,19,24)(H,20,25). The molecule has 2 N–H and O–H groups in total. The number of aryl methyl sites for hydroxylation is 1. The van der Waals surface area contributed by atoms with Gasteiger partial charge in [-0.2, -0.15) is 0 Å². The van der Waals surface area contributed by atoms with Gasteiger partial charge in [0.05, 0.1) is 6.54 Å². The Labute approximate surface area is 143 Å². The largest absolute Gasteiger partial charge is 0.345 e. The fraction of sp³-hybridized carbons (Fsp3) is 0.222. The smallest absolute Gasteiger partial charge is 0.261 e. The number of hydrogen-bond acceptors (Lipinski definition) is 4. The summed E-state index contributed by atoms with van der Waals surface area (Å²) in [4.78, 5) is 27.3. The van der Waals surface area contributed by atoms with E-state index in [2.05, 4.69) is 20.5 Å². The minimum absolute atomic E-state index is 0.0841. The van der Waals surface area contributed by atoms with Gasteiger partial charge in [-0.3, -0.25) is 9.59 Å². The lowest BCUT2D eigenvalue weighted by molar-refractivity contribution is 0.0948. The molecule has 3 aromatic rings. The van der Waals surface area contributed by atoms with Gasteiger partial charge in [0, 0.05) is 18.7 Å². The Morgan fingerprint density at radius 2 is 2.00 bits per heavy atom. The number of rotatable bonds is 4. The summed E-state index contributed by atoms with van der Waals surface area (Å²) in [5.74, 6) is 1.25. The Morgan fingerprint density at radius 3 is 2.80 bits per heavy atom. The van der Waals surface area contributed by atoms with E-state index < -0.39 is 11.5 Å². The predicted molar refractivity (Wildman–Crippen MR) is 92.0 cm³/mol. The van der Waals surface area contributed by atoms with Crippen LogP contribution in [0.2, 0.25) is 0 Å². The van der Waals surface area contributed by atoms with Crippen molar-refractivity contribution in [2.75, 3.05) is 0 Å². The summed E-state index contributed by atoms with van der Waals surface area (Å²) in [6.07, 6.45) is 1.97. The molecule has 0 saturated carbocycles. The number of nitrogens with zero attached hydrogens (tertiary/aromatic N) is 3. The molecule has 0 unspecified atom stereocenters. The molecular formula is C18H17N5O2. The molecule has 1 aromatic carbocycles. The summed E-state index contributed by atoms with van der Waals surface area (Å²) < 4.78 is 2.02. The van der Waals surface area contributed by atoms with Crippen molar-refractivity contribution in [3.8, 4) is 11.3 Å². The highest BCUT2D eigenvalue weighted by atomic mass is 16.2. The van der Waals surface area contributed by atoms with E-state index in [1.807, 2.05) is 34.9 Å². The average Bonchev–Trinajstić information content (AvgIpc) is 3.24. The highest BCUT2D eigenvalue weighted by molar-refractivity contribution is 5.94. The zero-order chi connectivity index (χ0) is 17.2. The van der Waals surface area contributed by atoms with Crippen LogP contribution >= 0.6 is 0 Å². The van der Waals surface area contributed by atoms with E-state index >= 15 is 0 Å². The van der Waals surface area contributed by atoms with Crippen molar-refractivity contribution in [3.05, 3.63) is 70.0 Å². The highest BCUT2D eigenvalue weighted by Gasteiger charge is 2.18. The number of aromatic nitrogens is 4. The Balaban J connectivity index is 1.49. The number of carbonyl (C=O) groups is 1. The van der Waals surface area contributed by atoms with Crippen LogP contribution in [-0.4, -0.2) is 25.7 Å². The summed E-state index contributed by atoms with van der Waals surface area (Å²) >= 11 is 0. The lowest BCUT2D eigenvalue weighted by Gasteiger charge is -2.06. The predicted octanol–water partition coefficient (Wildman–Crippen LogP) is 1.51. The summed E-state index contributed by atoms with van der Waals surface area (Å²) in [7, 11) is 0. The van der Waals surface area contributed by atoms with Crippen LogP contribution in [0.25, 0.3) is 11.3 Å². The molecular weight excluding hydrogens is 318 g/mol. The van der Waals surface area contributed by atoms with Crippen molar-refractivity contribution in [1.82, 2.24) is 25.1 Å². The molecule has 7 nitrogen and oxygen atoms in total. The van der Waals surface area contributed by atoms with Crippen molar-refractivity contribution >= 4 is 5.91 Å². The second-order valence-corrected chi connectivity index (χ2v) is 5.95. The van der Waals surface area contributed by atoms with Gasteiger partial charge in [0.15, 0.2) is 5.82 Å². The number of nitrogens with one attached hydrogen (secondary N) is 2. The molecule has 0 bridgehead atoms. The lowest BCUT2D eigenvalue weighted by atomic mass is 10.1. The van der Waals surface area contributed by atoms with Crippen LogP contribution in [0.3, 0.4) is 0 Å². The van der Waals surface area contributed by atoms with Gasteiger partial charge >= 0.3 is 0 Å². The van der Waals surface area contributed by atoms with Gasteiger partial charge in [-0.15, -0.1) is 10.2 Å². The molecule has 0 aliphatic carbocycles. The molecule has 7 heteroatoms. The van der Waals surface area contributed by atoms with Gasteiger partial charge in [-0.05, 0) is 24.1 Å². The zero-order valence-corrected chi connectivity index (χ0v) is 13.5. The van der Waals surface area contributed by atoms with Crippen LogP contribution in [0, 0.1) is 0 Å². The Kier molecular flexibility index (Phi) is 3.89. The van der Waals surface area contributed by atoms with E-state index in [4.69, 9.17) is 0 Å². The first kappa shape index (κ1) is 15.3. The maximum Gasteiger partial charge on any atom is 0.261 e. The maximum atomic E-state index is 12.3. The summed E-state index contributed by atoms with van der Waals surface area (Å²) in [5.41, 5.74) is 1.24.